The molecular formula is C14H19N5O. The van der Waals surface area contributed by atoms with E-state index in [1.165, 1.54) is 0 Å². The van der Waals surface area contributed by atoms with Crippen LogP contribution in [0.1, 0.15) is 0 Å². The fraction of sp³-hybridized carbons (Fsp3) is 0.286. The molecular weight excluding hydrogens is 254 g/mol. The third-order valence-corrected chi connectivity index (χ3v) is 2.78. The molecule has 1 aromatic carbocycles. The Bertz CT molecular complexity index is 586. The summed E-state index contributed by atoms with van der Waals surface area (Å²) in [5, 5.41) is 0. The number of hydrogen-bond donors (Lipinski definition) is 2. The summed E-state index contributed by atoms with van der Waals surface area (Å²) in [7, 11) is 3.99. The molecule has 0 saturated heterocycles. The number of rotatable bonds is 5. The Labute approximate surface area is 118 Å². The highest BCUT2D eigenvalue weighted by Crippen LogP contribution is 2.28. The zero-order chi connectivity index (χ0) is 14.5. The molecule has 0 aliphatic rings. The first-order valence-electron chi connectivity index (χ1n) is 6.32. The lowest BCUT2D eigenvalue weighted by Crippen LogP contribution is -2.19. The van der Waals surface area contributed by atoms with Crippen molar-refractivity contribution in [2.45, 2.75) is 0 Å². The number of aromatic nitrogens is 2. The van der Waals surface area contributed by atoms with Crippen LogP contribution in [0.15, 0.2) is 30.5 Å². The Morgan fingerprint density at radius 3 is 2.70 bits per heavy atom. The minimum atomic E-state index is 0.245. The third-order valence-electron chi connectivity index (χ3n) is 2.78. The Morgan fingerprint density at radius 2 is 2.00 bits per heavy atom. The number of nitrogen functional groups attached to an aromatic ring is 2. The van der Waals surface area contributed by atoms with E-state index in [4.69, 9.17) is 16.2 Å². The van der Waals surface area contributed by atoms with Gasteiger partial charge in [-0.3, -0.25) is 0 Å². The second kappa shape index (κ2) is 6.21. The number of nitrogens with zero attached hydrogens (tertiary/aromatic N) is 3. The SMILES string of the molecule is CN(C)CCOc1cc(-c2ccnc(N)n2)ccc1N. The largest absolute Gasteiger partial charge is 0.490 e. The zero-order valence-corrected chi connectivity index (χ0v) is 11.7. The average Bonchev–Trinajstić information content (AvgIpc) is 2.40. The maximum absolute atomic E-state index is 5.92. The summed E-state index contributed by atoms with van der Waals surface area (Å²) in [4.78, 5) is 10.1. The molecule has 0 radical (unpaired) electrons. The van der Waals surface area contributed by atoms with Crippen molar-refractivity contribution in [1.29, 1.82) is 0 Å². The highest BCUT2D eigenvalue weighted by molar-refractivity contribution is 5.67. The van der Waals surface area contributed by atoms with Crippen LogP contribution in [-0.2, 0) is 0 Å². The van der Waals surface area contributed by atoms with Gasteiger partial charge in [-0.05, 0) is 32.3 Å². The van der Waals surface area contributed by atoms with Gasteiger partial charge in [0.25, 0.3) is 0 Å². The van der Waals surface area contributed by atoms with Gasteiger partial charge in [0, 0.05) is 18.3 Å². The third kappa shape index (κ3) is 3.58. The molecule has 0 aliphatic heterocycles. The van der Waals surface area contributed by atoms with Crippen molar-refractivity contribution in [2.24, 2.45) is 0 Å². The van der Waals surface area contributed by atoms with Gasteiger partial charge in [0.2, 0.25) is 5.95 Å². The lowest BCUT2D eigenvalue weighted by atomic mass is 10.1. The summed E-state index contributed by atoms with van der Waals surface area (Å²) in [5.41, 5.74) is 13.8. The van der Waals surface area contributed by atoms with Crippen LogP contribution in [0.4, 0.5) is 11.6 Å². The van der Waals surface area contributed by atoms with Gasteiger partial charge >= 0.3 is 0 Å². The van der Waals surface area contributed by atoms with E-state index in [1.807, 2.05) is 31.1 Å². The summed E-state index contributed by atoms with van der Waals surface area (Å²) < 4.78 is 5.70. The number of ether oxygens (including phenoxy) is 1. The number of anilines is 2. The molecule has 0 aliphatic carbocycles. The van der Waals surface area contributed by atoms with Crippen LogP contribution < -0.4 is 16.2 Å². The molecule has 1 aromatic heterocycles. The van der Waals surface area contributed by atoms with Crippen molar-refractivity contribution in [2.75, 3.05) is 38.7 Å². The molecule has 0 unspecified atom stereocenters. The minimum absolute atomic E-state index is 0.245. The van der Waals surface area contributed by atoms with Crippen LogP contribution in [0.3, 0.4) is 0 Å². The molecule has 0 bridgehead atoms. The number of hydrogen-bond acceptors (Lipinski definition) is 6. The topological polar surface area (TPSA) is 90.3 Å². The number of benzene rings is 1. The van der Waals surface area contributed by atoms with E-state index < -0.39 is 0 Å². The van der Waals surface area contributed by atoms with Crippen LogP contribution in [0.2, 0.25) is 0 Å². The van der Waals surface area contributed by atoms with Gasteiger partial charge in [0.15, 0.2) is 0 Å². The first-order chi connectivity index (χ1) is 9.56. The molecule has 1 heterocycles. The molecule has 0 amide bonds. The average molecular weight is 273 g/mol. The van der Waals surface area contributed by atoms with Crippen molar-refractivity contribution < 1.29 is 4.74 Å². The normalized spacial score (nSPS) is 10.8. The van der Waals surface area contributed by atoms with Gasteiger partial charge in [-0.15, -0.1) is 0 Å². The molecule has 106 valence electrons. The fourth-order valence-corrected chi connectivity index (χ4v) is 1.69. The molecule has 0 spiro atoms. The smallest absolute Gasteiger partial charge is 0.220 e. The minimum Gasteiger partial charge on any atom is -0.490 e. The predicted octanol–water partition coefficient (Wildman–Crippen LogP) is 1.25. The Balaban J connectivity index is 2.20. The van der Waals surface area contributed by atoms with Gasteiger partial charge in [-0.25, -0.2) is 9.97 Å². The maximum Gasteiger partial charge on any atom is 0.220 e. The molecule has 4 N–H and O–H groups in total. The molecule has 0 atom stereocenters. The second-order valence-electron chi connectivity index (χ2n) is 4.70. The summed E-state index contributed by atoms with van der Waals surface area (Å²) in [6.45, 7) is 1.40. The van der Waals surface area contributed by atoms with Crippen LogP contribution >= 0.6 is 0 Å². The van der Waals surface area contributed by atoms with Gasteiger partial charge < -0.3 is 21.1 Å². The molecule has 0 fully saturated rings. The molecule has 20 heavy (non-hydrogen) atoms. The first-order valence-corrected chi connectivity index (χ1v) is 6.32. The predicted molar refractivity (Wildman–Crippen MR) is 80.3 cm³/mol. The summed E-state index contributed by atoms with van der Waals surface area (Å²) in [6, 6.07) is 7.35. The fourth-order valence-electron chi connectivity index (χ4n) is 1.69. The Morgan fingerprint density at radius 1 is 1.20 bits per heavy atom. The monoisotopic (exact) mass is 273 g/mol. The van der Waals surface area contributed by atoms with Gasteiger partial charge in [0.05, 0.1) is 11.4 Å². The van der Waals surface area contributed by atoms with E-state index in [2.05, 4.69) is 9.97 Å². The van der Waals surface area contributed by atoms with Crippen molar-refractivity contribution in [3.05, 3.63) is 30.5 Å². The van der Waals surface area contributed by atoms with E-state index in [1.54, 1.807) is 18.3 Å². The van der Waals surface area contributed by atoms with E-state index >= 15 is 0 Å². The van der Waals surface area contributed by atoms with Crippen LogP contribution in [0.5, 0.6) is 5.75 Å². The van der Waals surface area contributed by atoms with E-state index in [-0.39, 0.29) is 5.95 Å². The Hall–Kier alpha value is -2.34. The number of nitrogens with two attached hydrogens (primary N) is 2. The maximum atomic E-state index is 5.92. The first kappa shape index (κ1) is 14.1. The molecule has 2 rings (SSSR count). The van der Waals surface area contributed by atoms with E-state index in [0.29, 0.717) is 18.0 Å². The van der Waals surface area contributed by atoms with E-state index in [0.717, 1.165) is 17.8 Å². The lowest BCUT2D eigenvalue weighted by Gasteiger charge is -2.13. The molecule has 6 heteroatoms. The van der Waals surface area contributed by atoms with Crippen LogP contribution in [0.25, 0.3) is 11.3 Å². The lowest BCUT2D eigenvalue weighted by molar-refractivity contribution is 0.262. The standard InChI is InChI=1S/C14H19N5O/c1-19(2)7-8-20-13-9-10(3-4-11(13)15)12-5-6-17-14(16)18-12/h3-6,9H,7-8,15H2,1-2H3,(H2,16,17,18). The second-order valence-corrected chi connectivity index (χ2v) is 4.70. The van der Waals surface area contributed by atoms with Crippen molar-refractivity contribution in [3.8, 4) is 17.0 Å². The zero-order valence-electron chi connectivity index (χ0n) is 11.7. The highest BCUT2D eigenvalue weighted by atomic mass is 16.5. The van der Waals surface area contributed by atoms with Gasteiger partial charge in [0.1, 0.15) is 12.4 Å². The molecule has 0 saturated carbocycles. The number of likely N-dealkylation sites (N-methyl/N-ethyl adjacent to an activating group) is 1. The van der Waals surface area contributed by atoms with Gasteiger partial charge in [-0.2, -0.15) is 0 Å². The molecule has 6 nitrogen and oxygen atoms in total. The molecule has 2 aromatic rings. The van der Waals surface area contributed by atoms with Crippen LogP contribution in [0, 0.1) is 0 Å². The van der Waals surface area contributed by atoms with Crippen molar-refractivity contribution in [3.63, 3.8) is 0 Å². The van der Waals surface area contributed by atoms with Crippen molar-refractivity contribution in [1.82, 2.24) is 14.9 Å². The summed E-state index contributed by atoms with van der Waals surface area (Å²) in [6.07, 6.45) is 1.63. The quantitative estimate of drug-likeness (QED) is 0.797. The highest BCUT2D eigenvalue weighted by Gasteiger charge is 2.06. The van der Waals surface area contributed by atoms with Gasteiger partial charge in [-0.1, -0.05) is 6.07 Å². The Kier molecular flexibility index (Phi) is 4.37. The van der Waals surface area contributed by atoms with E-state index in [9.17, 15) is 0 Å². The van der Waals surface area contributed by atoms with Crippen molar-refractivity contribution >= 4 is 11.6 Å². The summed E-state index contributed by atoms with van der Waals surface area (Å²) in [5.74, 6) is 0.899. The summed E-state index contributed by atoms with van der Waals surface area (Å²) >= 11 is 0. The van der Waals surface area contributed by atoms with Crippen LogP contribution in [-0.4, -0.2) is 42.1 Å².